The van der Waals surface area contributed by atoms with Gasteiger partial charge in [0.05, 0.1) is 12.5 Å². The number of nitrogens with one attached hydrogen (secondary N) is 1. The normalized spacial score (nSPS) is 12.2. The third kappa shape index (κ3) is 4.85. The molecule has 2 aromatic rings. The van der Waals surface area contributed by atoms with E-state index in [9.17, 15) is 9.90 Å². The van der Waals surface area contributed by atoms with Gasteiger partial charge >= 0.3 is 0 Å². The molecule has 0 fully saturated rings. The van der Waals surface area contributed by atoms with Crippen molar-refractivity contribution in [2.24, 2.45) is 5.92 Å². The van der Waals surface area contributed by atoms with E-state index in [0.717, 1.165) is 17.5 Å². The number of aryl methyl sites for hydroxylation is 1. The fraction of sp³-hybridized carbons (Fsp3) is 0.350. The summed E-state index contributed by atoms with van der Waals surface area (Å²) in [5.74, 6) is 0.519. The van der Waals surface area contributed by atoms with Crippen molar-refractivity contribution in [3.63, 3.8) is 0 Å². The molecule has 0 saturated heterocycles. The van der Waals surface area contributed by atoms with Crippen molar-refractivity contribution >= 4 is 5.91 Å². The number of amides is 1. The Balaban J connectivity index is 2.06. The minimum absolute atomic E-state index is 0.00511. The molecule has 3 heteroatoms. The highest BCUT2D eigenvalue weighted by atomic mass is 16.3. The van der Waals surface area contributed by atoms with Gasteiger partial charge in [-0.1, -0.05) is 57.2 Å². The summed E-state index contributed by atoms with van der Waals surface area (Å²) < 4.78 is 0. The smallest absolute Gasteiger partial charge is 0.224 e. The number of carbonyl (C=O) groups is 1. The summed E-state index contributed by atoms with van der Waals surface area (Å²) >= 11 is 0. The zero-order valence-corrected chi connectivity index (χ0v) is 14.0. The summed E-state index contributed by atoms with van der Waals surface area (Å²) in [7, 11) is 0. The van der Waals surface area contributed by atoms with Gasteiger partial charge in [0.1, 0.15) is 5.75 Å². The topological polar surface area (TPSA) is 49.3 Å². The first-order valence-electron chi connectivity index (χ1n) is 8.15. The van der Waals surface area contributed by atoms with Gasteiger partial charge in [0.25, 0.3) is 0 Å². The van der Waals surface area contributed by atoms with Gasteiger partial charge in [-0.05, 0) is 41.2 Å². The lowest BCUT2D eigenvalue weighted by Gasteiger charge is -2.23. The van der Waals surface area contributed by atoms with Gasteiger partial charge in [0.2, 0.25) is 5.91 Å². The van der Waals surface area contributed by atoms with Crippen LogP contribution in [0.15, 0.2) is 48.5 Å². The third-order valence-electron chi connectivity index (χ3n) is 4.03. The highest BCUT2D eigenvalue weighted by Gasteiger charge is 2.18. The van der Waals surface area contributed by atoms with Crippen LogP contribution in [0, 0.1) is 5.92 Å². The monoisotopic (exact) mass is 311 g/mol. The van der Waals surface area contributed by atoms with E-state index in [-0.39, 0.29) is 17.7 Å². The van der Waals surface area contributed by atoms with Crippen LogP contribution in [0.1, 0.15) is 43.5 Å². The van der Waals surface area contributed by atoms with Gasteiger partial charge in [-0.15, -0.1) is 0 Å². The standard InChI is InChI=1S/C20H25NO2/c1-4-15-5-9-17(10-6-15)20(14(2)3)21-19(23)13-16-7-11-18(22)12-8-16/h5-12,14,20,22H,4,13H2,1-3H3,(H,21,23). The van der Waals surface area contributed by atoms with E-state index < -0.39 is 0 Å². The van der Waals surface area contributed by atoms with Gasteiger partial charge in [0.15, 0.2) is 0 Å². The molecular weight excluding hydrogens is 286 g/mol. The number of hydrogen-bond acceptors (Lipinski definition) is 2. The Kier molecular flexibility index (Phi) is 5.80. The van der Waals surface area contributed by atoms with E-state index in [1.54, 1.807) is 24.3 Å². The van der Waals surface area contributed by atoms with Crippen LogP contribution < -0.4 is 5.32 Å². The molecule has 0 bridgehead atoms. The molecule has 23 heavy (non-hydrogen) atoms. The van der Waals surface area contributed by atoms with E-state index >= 15 is 0 Å². The zero-order valence-electron chi connectivity index (χ0n) is 14.0. The van der Waals surface area contributed by atoms with E-state index in [1.807, 2.05) is 0 Å². The second-order valence-corrected chi connectivity index (χ2v) is 6.23. The molecule has 2 rings (SSSR count). The Labute approximate surface area is 138 Å². The molecular formula is C20H25NO2. The largest absolute Gasteiger partial charge is 0.508 e. The van der Waals surface area contributed by atoms with Crippen molar-refractivity contribution in [2.75, 3.05) is 0 Å². The number of phenols is 1. The van der Waals surface area contributed by atoms with Crippen molar-refractivity contribution in [1.29, 1.82) is 0 Å². The van der Waals surface area contributed by atoms with Crippen LogP contribution in [0.4, 0.5) is 0 Å². The molecule has 0 aromatic heterocycles. The van der Waals surface area contributed by atoms with E-state index in [0.29, 0.717) is 12.3 Å². The molecule has 1 amide bonds. The minimum atomic E-state index is -0.00559. The van der Waals surface area contributed by atoms with Crippen LogP contribution in [0.3, 0.4) is 0 Å². The van der Waals surface area contributed by atoms with E-state index in [2.05, 4.69) is 50.4 Å². The van der Waals surface area contributed by atoms with E-state index in [1.165, 1.54) is 5.56 Å². The molecule has 122 valence electrons. The molecule has 0 heterocycles. The maximum Gasteiger partial charge on any atom is 0.224 e. The van der Waals surface area contributed by atoms with Crippen LogP contribution in [0.5, 0.6) is 5.75 Å². The third-order valence-corrected chi connectivity index (χ3v) is 4.03. The average Bonchev–Trinajstić information content (AvgIpc) is 2.55. The molecule has 0 spiro atoms. The summed E-state index contributed by atoms with van der Waals surface area (Å²) in [6, 6.07) is 15.2. The Morgan fingerprint density at radius 3 is 2.09 bits per heavy atom. The van der Waals surface area contributed by atoms with Crippen LogP contribution in [-0.4, -0.2) is 11.0 Å². The summed E-state index contributed by atoms with van der Waals surface area (Å²) in [6.07, 6.45) is 1.33. The highest BCUT2D eigenvalue weighted by Crippen LogP contribution is 2.22. The Morgan fingerprint density at radius 2 is 1.57 bits per heavy atom. The van der Waals surface area contributed by atoms with Gasteiger partial charge in [-0.3, -0.25) is 4.79 Å². The van der Waals surface area contributed by atoms with Crippen molar-refractivity contribution in [1.82, 2.24) is 5.32 Å². The predicted molar refractivity (Wildman–Crippen MR) is 93.4 cm³/mol. The summed E-state index contributed by atoms with van der Waals surface area (Å²) in [5, 5.41) is 12.4. The summed E-state index contributed by atoms with van der Waals surface area (Å²) in [4.78, 5) is 12.3. The van der Waals surface area contributed by atoms with Crippen LogP contribution in [-0.2, 0) is 17.6 Å². The van der Waals surface area contributed by atoms with Gasteiger partial charge in [-0.2, -0.15) is 0 Å². The molecule has 1 atom stereocenters. The first-order chi connectivity index (χ1) is 11.0. The lowest BCUT2D eigenvalue weighted by Crippen LogP contribution is -2.32. The van der Waals surface area contributed by atoms with Crippen molar-refractivity contribution in [3.05, 3.63) is 65.2 Å². The van der Waals surface area contributed by atoms with Crippen molar-refractivity contribution < 1.29 is 9.90 Å². The number of hydrogen-bond donors (Lipinski definition) is 2. The van der Waals surface area contributed by atoms with Crippen LogP contribution in [0.25, 0.3) is 0 Å². The average molecular weight is 311 g/mol. The number of rotatable bonds is 6. The fourth-order valence-electron chi connectivity index (χ4n) is 2.62. The molecule has 0 radical (unpaired) electrons. The SMILES string of the molecule is CCc1ccc(C(NC(=O)Cc2ccc(O)cc2)C(C)C)cc1. The number of aromatic hydroxyl groups is 1. The van der Waals surface area contributed by atoms with Crippen LogP contribution in [0.2, 0.25) is 0 Å². The predicted octanol–water partition coefficient (Wildman–Crippen LogP) is 4.01. The lowest BCUT2D eigenvalue weighted by atomic mass is 9.94. The number of benzene rings is 2. The summed E-state index contributed by atoms with van der Waals surface area (Å²) in [6.45, 7) is 6.35. The molecule has 0 aliphatic heterocycles. The Morgan fingerprint density at radius 1 is 1.00 bits per heavy atom. The molecule has 2 N–H and O–H groups in total. The molecule has 0 aliphatic carbocycles. The highest BCUT2D eigenvalue weighted by molar-refractivity contribution is 5.79. The first kappa shape index (κ1) is 17.1. The molecule has 2 aromatic carbocycles. The van der Waals surface area contributed by atoms with E-state index in [4.69, 9.17) is 0 Å². The fourth-order valence-corrected chi connectivity index (χ4v) is 2.62. The second-order valence-electron chi connectivity index (χ2n) is 6.23. The van der Waals surface area contributed by atoms with Crippen LogP contribution >= 0.6 is 0 Å². The number of phenolic OH excluding ortho intramolecular Hbond substituents is 1. The number of carbonyl (C=O) groups excluding carboxylic acids is 1. The minimum Gasteiger partial charge on any atom is -0.508 e. The zero-order chi connectivity index (χ0) is 16.8. The van der Waals surface area contributed by atoms with Gasteiger partial charge < -0.3 is 10.4 Å². The first-order valence-corrected chi connectivity index (χ1v) is 8.15. The molecule has 3 nitrogen and oxygen atoms in total. The molecule has 0 saturated carbocycles. The molecule has 0 aliphatic rings. The van der Waals surface area contributed by atoms with Gasteiger partial charge in [0, 0.05) is 0 Å². The maximum atomic E-state index is 12.3. The summed E-state index contributed by atoms with van der Waals surface area (Å²) in [5.41, 5.74) is 3.33. The Bertz CT molecular complexity index is 630. The Hall–Kier alpha value is -2.29. The van der Waals surface area contributed by atoms with Crippen molar-refractivity contribution in [3.8, 4) is 5.75 Å². The second kappa shape index (κ2) is 7.82. The maximum absolute atomic E-state index is 12.3. The van der Waals surface area contributed by atoms with Crippen molar-refractivity contribution in [2.45, 2.75) is 39.7 Å². The van der Waals surface area contributed by atoms with Gasteiger partial charge in [-0.25, -0.2) is 0 Å². The quantitative estimate of drug-likeness (QED) is 0.847. The molecule has 1 unspecified atom stereocenters. The lowest BCUT2D eigenvalue weighted by molar-refractivity contribution is -0.121.